The van der Waals surface area contributed by atoms with Crippen molar-refractivity contribution in [2.24, 2.45) is 0 Å². The Morgan fingerprint density at radius 2 is 2.50 bits per heavy atom. The lowest BCUT2D eigenvalue weighted by molar-refractivity contribution is 0.0984. The van der Waals surface area contributed by atoms with Crippen LogP contribution in [0.15, 0.2) is 29.4 Å². The molecule has 0 saturated heterocycles. The van der Waals surface area contributed by atoms with Crippen molar-refractivity contribution in [2.75, 3.05) is 20.3 Å². The number of hydrogen-bond acceptors (Lipinski definition) is 4. The predicted molar refractivity (Wildman–Crippen MR) is 71.6 cm³/mol. The van der Waals surface area contributed by atoms with E-state index in [1.165, 1.54) is 11.3 Å². The third kappa shape index (κ3) is 2.34. The molecule has 96 valence electrons. The Hall–Kier alpha value is -1.17. The first-order valence-electron chi connectivity index (χ1n) is 6.10. The van der Waals surface area contributed by atoms with Gasteiger partial charge in [-0.3, -0.25) is 4.90 Å². The molecule has 2 aromatic rings. The normalized spacial score (nSPS) is 19.9. The maximum absolute atomic E-state index is 5.32. The second-order valence-electron chi connectivity index (χ2n) is 4.70. The maximum Gasteiger partial charge on any atom is 0.0952 e. The molecule has 0 spiro atoms. The lowest BCUT2D eigenvalue weighted by Crippen LogP contribution is -2.38. The van der Waals surface area contributed by atoms with Crippen LogP contribution in [-0.4, -0.2) is 34.7 Å². The topological polar surface area (TPSA) is 30.3 Å². The van der Waals surface area contributed by atoms with Crippen molar-refractivity contribution in [2.45, 2.75) is 19.1 Å². The second kappa shape index (κ2) is 5.22. The number of ether oxygens (including phenoxy) is 1. The van der Waals surface area contributed by atoms with Crippen LogP contribution in [0.25, 0.3) is 0 Å². The van der Waals surface area contributed by atoms with Gasteiger partial charge in [0.05, 0.1) is 24.7 Å². The first-order valence-corrected chi connectivity index (χ1v) is 7.04. The summed E-state index contributed by atoms with van der Waals surface area (Å²) in [6.07, 6.45) is 3.88. The van der Waals surface area contributed by atoms with E-state index in [9.17, 15) is 0 Å². The van der Waals surface area contributed by atoms with Gasteiger partial charge in [-0.2, -0.15) is 11.3 Å². The highest BCUT2D eigenvalue weighted by Gasteiger charge is 2.24. The summed E-state index contributed by atoms with van der Waals surface area (Å²) in [7, 11) is 1.76. The van der Waals surface area contributed by atoms with Crippen LogP contribution in [0.4, 0.5) is 0 Å². The molecule has 0 radical (unpaired) electrons. The molecule has 0 bridgehead atoms. The molecule has 0 N–H and O–H groups in total. The minimum absolute atomic E-state index is 0.375. The van der Waals surface area contributed by atoms with E-state index in [0.717, 1.165) is 26.2 Å². The Kier molecular flexibility index (Phi) is 3.45. The minimum atomic E-state index is 0.375. The Bertz CT molecular complexity index is 494. The fourth-order valence-electron chi connectivity index (χ4n) is 2.55. The highest BCUT2D eigenvalue weighted by molar-refractivity contribution is 7.07. The molecule has 1 aliphatic rings. The smallest absolute Gasteiger partial charge is 0.0952 e. The van der Waals surface area contributed by atoms with Gasteiger partial charge >= 0.3 is 0 Å². The van der Waals surface area contributed by atoms with Gasteiger partial charge in [-0.15, -0.1) is 0 Å². The summed E-state index contributed by atoms with van der Waals surface area (Å²) in [4.78, 5) is 6.71. The molecule has 3 rings (SSSR count). The zero-order valence-corrected chi connectivity index (χ0v) is 11.3. The molecule has 3 heterocycles. The van der Waals surface area contributed by atoms with Crippen LogP contribution < -0.4 is 0 Å². The van der Waals surface area contributed by atoms with E-state index in [4.69, 9.17) is 4.74 Å². The van der Waals surface area contributed by atoms with Gasteiger partial charge in [0.25, 0.3) is 0 Å². The van der Waals surface area contributed by atoms with Crippen molar-refractivity contribution in [3.05, 3.63) is 40.6 Å². The van der Waals surface area contributed by atoms with Crippen LogP contribution in [0.1, 0.15) is 17.3 Å². The number of aromatic nitrogens is 2. The first-order chi connectivity index (χ1) is 8.86. The van der Waals surface area contributed by atoms with Crippen molar-refractivity contribution in [1.29, 1.82) is 0 Å². The maximum atomic E-state index is 5.32. The van der Waals surface area contributed by atoms with E-state index in [1.807, 2.05) is 12.5 Å². The molecule has 18 heavy (non-hydrogen) atoms. The average Bonchev–Trinajstić information content (AvgIpc) is 3.00. The highest BCUT2D eigenvalue weighted by atomic mass is 32.1. The first kappa shape index (κ1) is 11.9. The van der Waals surface area contributed by atoms with Crippen LogP contribution in [0, 0.1) is 0 Å². The number of methoxy groups -OCH3 is 1. The zero-order chi connectivity index (χ0) is 12.4. The summed E-state index contributed by atoms with van der Waals surface area (Å²) < 4.78 is 7.56. The van der Waals surface area contributed by atoms with E-state index in [-0.39, 0.29) is 0 Å². The van der Waals surface area contributed by atoms with Gasteiger partial charge in [-0.25, -0.2) is 4.98 Å². The molecule has 0 aromatic carbocycles. The standard InChI is InChI=1S/C13H17N3OS/c1-17-8-13-7-15(5-11-2-3-18-9-11)6-12-4-14-10-16(12)13/h2-4,9-10,13H,5-8H2,1H3/t13-/m1/s1. The van der Waals surface area contributed by atoms with Gasteiger partial charge in [-0.1, -0.05) is 0 Å². The summed E-state index contributed by atoms with van der Waals surface area (Å²) in [5.74, 6) is 0. The van der Waals surface area contributed by atoms with E-state index in [0.29, 0.717) is 6.04 Å². The number of nitrogens with zero attached hydrogens (tertiary/aromatic N) is 3. The fraction of sp³-hybridized carbons (Fsp3) is 0.462. The molecule has 1 atom stereocenters. The van der Waals surface area contributed by atoms with Crippen molar-refractivity contribution >= 4 is 11.3 Å². The monoisotopic (exact) mass is 263 g/mol. The third-order valence-electron chi connectivity index (χ3n) is 3.34. The zero-order valence-electron chi connectivity index (χ0n) is 10.5. The summed E-state index contributed by atoms with van der Waals surface area (Å²) in [6, 6.07) is 2.57. The van der Waals surface area contributed by atoms with Gasteiger partial charge in [0.2, 0.25) is 0 Å². The van der Waals surface area contributed by atoms with Crippen LogP contribution in [0.5, 0.6) is 0 Å². The van der Waals surface area contributed by atoms with Crippen LogP contribution in [0.3, 0.4) is 0 Å². The quantitative estimate of drug-likeness (QED) is 0.846. The Morgan fingerprint density at radius 1 is 1.56 bits per heavy atom. The molecular weight excluding hydrogens is 246 g/mol. The molecule has 0 saturated carbocycles. The van der Waals surface area contributed by atoms with Crippen molar-refractivity contribution < 1.29 is 4.74 Å². The Balaban J connectivity index is 1.76. The molecule has 4 nitrogen and oxygen atoms in total. The lowest BCUT2D eigenvalue weighted by Gasteiger charge is -2.34. The van der Waals surface area contributed by atoms with Crippen molar-refractivity contribution in [3.8, 4) is 0 Å². The van der Waals surface area contributed by atoms with Gasteiger partial charge in [0.1, 0.15) is 0 Å². The minimum Gasteiger partial charge on any atom is -0.382 e. The van der Waals surface area contributed by atoms with Crippen molar-refractivity contribution in [1.82, 2.24) is 14.5 Å². The van der Waals surface area contributed by atoms with E-state index < -0.39 is 0 Å². The van der Waals surface area contributed by atoms with E-state index >= 15 is 0 Å². The lowest BCUT2D eigenvalue weighted by atomic mass is 10.2. The molecule has 0 fully saturated rings. The molecule has 1 aliphatic heterocycles. The predicted octanol–water partition coefficient (Wildman–Crippen LogP) is 2.15. The van der Waals surface area contributed by atoms with Crippen LogP contribution >= 0.6 is 11.3 Å². The summed E-state index contributed by atoms with van der Waals surface area (Å²) in [5, 5.41) is 4.35. The van der Waals surface area contributed by atoms with Gasteiger partial charge in [0, 0.05) is 32.9 Å². The Morgan fingerprint density at radius 3 is 3.28 bits per heavy atom. The highest BCUT2D eigenvalue weighted by Crippen LogP contribution is 2.23. The fourth-order valence-corrected chi connectivity index (χ4v) is 3.21. The Labute approximate surface area is 111 Å². The van der Waals surface area contributed by atoms with E-state index in [1.54, 1.807) is 18.4 Å². The largest absolute Gasteiger partial charge is 0.382 e. The molecule has 0 aliphatic carbocycles. The molecule has 0 unspecified atom stereocenters. The van der Waals surface area contributed by atoms with Gasteiger partial charge < -0.3 is 9.30 Å². The second-order valence-corrected chi connectivity index (χ2v) is 5.48. The summed E-state index contributed by atoms with van der Waals surface area (Å²) >= 11 is 1.76. The average molecular weight is 263 g/mol. The molecule has 5 heteroatoms. The van der Waals surface area contributed by atoms with Crippen LogP contribution in [0.2, 0.25) is 0 Å². The number of thiophene rings is 1. The summed E-state index contributed by atoms with van der Waals surface area (Å²) in [5.41, 5.74) is 2.67. The van der Waals surface area contributed by atoms with E-state index in [2.05, 4.69) is 31.3 Å². The van der Waals surface area contributed by atoms with Gasteiger partial charge in [-0.05, 0) is 22.4 Å². The van der Waals surface area contributed by atoms with Crippen molar-refractivity contribution in [3.63, 3.8) is 0 Å². The number of rotatable bonds is 4. The molecule has 0 amide bonds. The third-order valence-corrected chi connectivity index (χ3v) is 4.07. The van der Waals surface area contributed by atoms with Crippen LogP contribution in [-0.2, 0) is 17.8 Å². The van der Waals surface area contributed by atoms with Gasteiger partial charge in [0.15, 0.2) is 0 Å². The number of hydrogen-bond donors (Lipinski definition) is 0. The number of fused-ring (bicyclic) bond motifs is 1. The SMILES string of the molecule is COC[C@H]1CN(Cc2ccsc2)Cc2cncn21. The molecular formula is C13H17N3OS. The summed E-state index contributed by atoms with van der Waals surface area (Å²) in [6.45, 7) is 3.74. The number of imidazole rings is 1. The molecule has 2 aromatic heterocycles.